The third-order valence-electron chi connectivity index (χ3n) is 5.86. The molecule has 3 aliphatic rings. The molecule has 2 aliphatic carbocycles. The molecule has 0 radical (unpaired) electrons. The molecule has 23 heavy (non-hydrogen) atoms. The number of allylic oxidation sites excluding steroid dienone is 1. The van der Waals surface area contributed by atoms with Crippen LogP contribution in [0.5, 0.6) is 0 Å². The lowest BCUT2D eigenvalue weighted by atomic mass is 9.71. The van der Waals surface area contributed by atoms with Gasteiger partial charge in [-0.3, -0.25) is 9.69 Å². The summed E-state index contributed by atoms with van der Waals surface area (Å²) in [6.45, 7) is 11.0. The molecule has 3 rings (SSSR count). The molecule has 0 spiro atoms. The molecule has 0 aromatic carbocycles. The highest BCUT2D eigenvalue weighted by Crippen LogP contribution is 2.41. The minimum atomic E-state index is -0.0289. The van der Waals surface area contributed by atoms with Crippen LogP contribution in [-0.2, 0) is 4.79 Å². The number of carbonyl (C=O) groups is 1. The maximum atomic E-state index is 12.2. The maximum Gasteiger partial charge on any atom is 0.238 e. The number of rotatable bonds is 5. The number of amides is 1. The molecule has 0 aromatic rings. The summed E-state index contributed by atoms with van der Waals surface area (Å²) in [5.74, 6) is 0.200. The van der Waals surface area contributed by atoms with Gasteiger partial charge in [-0.1, -0.05) is 25.0 Å². The molecule has 2 N–H and O–H groups in total. The van der Waals surface area contributed by atoms with Crippen LogP contribution in [0, 0.1) is 5.41 Å². The molecule has 1 aliphatic heterocycles. The summed E-state index contributed by atoms with van der Waals surface area (Å²) in [5, 5.41) is 6.51. The Kier molecular flexibility index (Phi) is 5.12. The van der Waals surface area contributed by atoms with Crippen molar-refractivity contribution in [3.8, 4) is 0 Å². The first-order valence-electron chi connectivity index (χ1n) is 9.41. The number of hydrogen-bond donors (Lipinski definition) is 2. The van der Waals surface area contributed by atoms with Crippen LogP contribution in [0.2, 0.25) is 0 Å². The van der Waals surface area contributed by atoms with Gasteiger partial charge in [-0.15, -0.1) is 0 Å². The van der Waals surface area contributed by atoms with Crippen molar-refractivity contribution in [2.45, 2.75) is 71.4 Å². The van der Waals surface area contributed by atoms with Gasteiger partial charge in [-0.2, -0.15) is 0 Å². The van der Waals surface area contributed by atoms with Gasteiger partial charge < -0.3 is 10.6 Å². The van der Waals surface area contributed by atoms with E-state index in [4.69, 9.17) is 0 Å². The van der Waals surface area contributed by atoms with E-state index in [2.05, 4.69) is 36.3 Å². The zero-order valence-electron chi connectivity index (χ0n) is 15.1. The fraction of sp³-hybridized carbons (Fsp3) is 0.842. The van der Waals surface area contributed by atoms with Crippen LogP contribution in [0.4, 0.5) is 0 Å². The van der Waals surface area contributed by atoms with E-state index in [1.54, 1.807) is 11.1 Å². The lowest BCUT2D eigenvalue weighted by molar-refractivity contribution is -0.124. The fourth-order valence-electron chi connectivity index (χ4n) is 4.22. The van der Waals surface area contributed by atoms with Crippen LogP contribution >= 0.6 is 0 Å². The van der Waals surface area contributed by atoms with E-state index in [0.29, 0.717) is 11.5 Å². The van der Waals surface area contributed by atoms with Gasteiger partial charge in [0.25, 0.3) is 0 Å². The monoisotopic (exact) mass is 319 g/mol. The predicted molar refractivity (Wildman–Crippen MR) is 94.3 cm³/mol. The zero-order valence-corrected chi connectivity index (χ0v) is 15.1. The third kappa shape index (κ3) is 4.36. The van der Waals surface area contributed by atoms with Crippen LogP contribution in [0.1, 0.15) is 59.3 Å². The van der Waals surface area contributed by atoms with Crippen molar-refractivity contribution in [3.05, 3.63) is 11.1 Å². The fourth-order valence-corrected chi connectivity index (χ4v) is 4.22. The van der Waals surface area contributed by atoms with Crippen LogP contribution < -0.4 is 10.6 Å². The van der Waals surface area contributed by atoms with E-state index in [-0.39, 0.29) is 11.9 Å². The lowest BCUT2D eigenvalue weighted by Gasteiger charge is -2.37. The Morgan fingerprint density at radius 2 is 2.17 bits per heavy atom. The molecule has 4 nitrogen and oxygen atoms in total. The van der Waals surface area contributed by atoms with E-state index in [9.17, 15) is 4.79 Å². The number of nitrogens with zero attached hydrogens (tertiary/aromatic N) is 1. The van der Waals surface area contributed by atoms with Gasteiger partial charge >= 0.3 is 0 Å². The molecule has 1 heterocycles. The highest BCUT2D eigenvalue weighted by atomic mass is 16.2. The summed E-state index contributed by atoms with van der Waals surface area (Å²) in [4.78, 5) is 14.7. The SMILES string of the molecule is CC1=C(CCN2CCN[C@@H](C(=O)NC3CC3)C2)C(C)(C)CCC1. The standard InChI is InChI=1S/C19H33N3O/c1-14-5-4-9-19(2,3)16(14)8-11-22-12-10-20-17(13-22)18(23)21-15-6-7-15/h15,17,20H,4-13H2,1-3H3,(H,21,23)/t17-/m1/s1. The first kappa shape index (κ1) is 17.0. The van der Waals surface area contributed by atoms with Crippen LogP contribution in [0.25, 0.3) is 0 Å². The van der Waals surface area contributed by atoms with Gasteiger partial charge in [-0.25, -0.2) is 0 Å². The minimum Gasteiger partial charge on any atom is -0.352 e. The van der Waals surface area contributed by atoms with Crippen molar-refractivity contribution in [1.29, 1.82) is 0 Å². The Balaban J connectivity index is 1.52. The molecule has 130 valence electrons. The third-order valence-corrected chi connectivity index (χ3v) is 5.86. The van der Waals surface area contributed by atoms with Crippen molar-refractivity contribution in [2.75, 3.05) is 26.2 Å². The summed E-state index contributed by atoms with van der Waals surface area (Å²) >= 11 is 0. The molecule has 1 atom stereocenters. The molecule has 0 bridgehead atoms. The van der Waals surface area contributed by atoms with Crippen molar-refractivity contribution >= 4 is 5.91 Å². The average molecular weight is 319 g/mol. The largest absolute Gasteiger partial charge is 0.352 e. The topological polar surface area (TPSA) is 44.4 Å². The first-order chi connectivity index (χ1) is 11.0. The van der Waals surface area contributed by atoms with E-state index in [1.807, 2.05) is 0 Å². The molecular formula is C19H33N3O. The molecule has 0 aromatic heterocycles. The minimum absolute atomic E-state index is 0.0289. The zero-order chi connectivity index (χ0) is 16.4. The number of nitrogens with one attached hydrogen (secondary N) is 2. The number of piperazine rings is 1. The lowest BCUT2D eigenvalue weighted by Crippen LogP contribution is -2.57. The molecular weight excluding hydrogens is 286 g/mol. The molecule has 1 amide bonds. The average Bonchev–Trinajstić information content (AvgIpc) is 3.30. The van der Waals surface area contributed by atoms with Crippen LogP contribution in [-0.4, -0.2) is 49.1 Å². The highest BCUT2D eigenvalue weighted by Gasteiger charge is 2.31. The molecule has 1 saturated carbocycles. The van der Waals surface area contributed by atoms with Crippen LogP contribution in [0.3, 0.4) is 0 Å². The van der Waals surface area contributed by atoms with Crippen molar-refractivity contribution in [1.82, 2.24) is 15.5 Å². The molecule has 4 heteroatoms. The van der Waals surface area contributed by atoms with Gasteiger partial charge in [0.15, 0.2) is 0 Å². The summed E-state index contributed by atoms with van der Waals surface area (Å²) in [6.07, 6.45) is 7.39. The summed E-state index contributed by atoms with van der Waals surface area (Å²) in [7, 11) is 0. The van der Waals surface area contributed by atoms with E-state index < -0.39 is 0 Å². The van der Waals surface area contributed by atoms with Crippen molar-refractivity contribution < 1.29 is 4.79 Å². The Labute approximate surface area is 141 Å². The Morgan fingerprint density at radius 3 is 2.87 bits per heavy atom. The van der Waals surface area contributed by atoms with Gasteiger partial charge in [0, 0.05) is 32.2 Å². The van der Waals surface area contributed by atoms with Crippen LogP contribution in [0.15, 0.2) is 11.1 Å². The van der Waals surface area contributed by atoms with Gasteiger partial charge in [-0.05, 0) is 50.9 Å². The second kappa shape index (κ2) is 6.94. The van der Waals surface area contributed by atoms with E-state index >= 15 is 0 Å². The quantitative estimate of drug-likeness (QED) is 0.765. The van der Waals surface area contributed by atoms with Gasteiger partial charge in [0.1, 0.15) is 0 Å². The summed E-state index contributed by atoms with van der Waals surface area (Å²) < 4.78 is 0. The molecule has 1 saturated heterocycles. The number of hydrogen-bond acceptors (Lipinski definition) is 3. The molecule has 0 unspecified atom stereocenters. The summed E-state index contributed by atoms with van der Waals surface area (Å²) in [5.41, 5.74) is 3.64. The maximum absolute atomic E-state index is 12.2. The number of carbonyl (C=O) groups excluding carboxylic acids is 1. The van der Waals surface area contributed by atoms with Crippen molar-refractivity contribution in [2.24, 2.45) is 5.41 Å². The predicted octanol–water partition coefficient (Wildman–Crippen LogP) is 2.46. The van der Waals surface area contributed by atoms with E-state index in [0.717, 1.165) is 45.4 Å². The first-order valence-corrected chi connectivity index (χ1v) is 9.41. The second-order valence-corrected chi connectivity index (χ2v) is 8.34. The Morgan fingerprint density at radius 1 is 1.39 bits per heavy atom. The highest BCUT2D eigenvalue weighted by molar-refractivity contribution is 5.82. The smallest absolute Gasteiger partial charge is 0.238 e. The normalized spacial score (nSPS) is 28.7. The van der Waals surface area contributed by atoms with Crippen molar-refractivity contribution in [3.63, 3.8) is 0 Å². The Hall–Kier alpha value is -0.870. The Bertz CT molecular complexity index is 479. The second-order valence-electron chi connectivity index (χ2n) is 8.34. The summed E-state index contributed by atoms with van der Waals surface area (Å²) in [6, 6.07) is 0.425. The van der Waals surface area contributed by atoms with Gasteiger partial charge in [0.05, 0.1) is 6.04 Å². The van der Waals surface area contributed by atoms with Gasteiger partial charge in [0.2, 0.25) is 5.91 Å². The van der Waals surface area contributed by atoms with E-state index in [1.165, 1.54) is 19.3 Å². The molecule has 2 fully saturated rings.